The van der Waals surface area contributed by atoms with Gasteiger partial charge in [0, 0.05) is 15.2 Å². The van der Waals surface area contributed by atoms with Gasteiger partial charge < -0.3 is 10.4 Å². The van der Waals surface area contributed by atoms with Crippen molar-refractivity contribution >= 4 is 44.9 Å². The fourth-order valence-electron chi connectivity index (χ4n) is 3.01. The number of carbonyl (C=O) groups is 1. The van der Waals surface area contributed by atoms with Crippen molar-refractivity contribution in [3.8, 4) is 5.75 Å². The van der Waals surface area contributed by atoms with Crippen LogP contribution in [-0.4, -0.2) is 21.0 Å². The predicted molar refractivity (Wildman–Crippen MR) is 118 cm³/mol. The van der Waals surface area contributed by atoms with Crippen LogP contribution in [0.15, 0.2) is 58.7 Å². The van der Waals surface area contributed by atoms with Crippen LogP contribution >= 0.6 is 23.1 Å². The maximum absolute atomic E-state index is 12.9. The predicted octanol–water partition coefficient (Wildman–Crippen LogP) is 5.73. The third-order valence-corrected chi connectivity index (χ3v) is 6.86. The summed E-state index contributed by atoms with van der Waals surface area (Å²) in [5.41, 5.74) is 2.99. The number of phenols is 1. The topological polar surface area (TPSA) is 75.1 Å². The molecule has 4 rings (SSSR count). The van der Waals surface area contributed by atoms with Crippen molar-refractivity contribution in [1.82, 2.24) is 9.97 Å². The van der Waals surface area contributed by atoms with Crippen LogP contribution in [0.5, 0.6) is 5.75 Å². The fraction of sp³-hybridized carbons (Fsp3) is 0.136. The van der Waals surface area contributed by atoms with Crippen LogP contribution in [-0.2, 0) is 0 Å². The summed E-state index contributed by atoms with van der Waals surface area (Å²) in [5, 5.41) is 14.8. The third kappa shape index (κ3) is 3.83. The molecule has 0 aliphatic heterocycles. The Bertz CT molecular complexity index is 1230. The molecule has 4 aromatic rings. The van der Waals surface area contributed by atoms with E-state index < -0.39 is 0 Å². The summed E-state index contributed by atoms with van der Waals surface area (Å²) in [6.45, 7) is 6.03. The molecule has 2 N–H and O–H groups in total. The van der Waals surface area contributed by atoms with Gasteiger partial charge in [-0.2, -0.15) is 0 Å². The first-order chi connectivity index (χ1) is 13.9. The molecule has 29 heavy (non-hydrogen) atoms. The Labute approximate surface area is 176 Å². The second kappa shape index (κ2) is 7.85. The van der Waals surface area contributed by atoms with E-state index in [2.05, 4.69) is 29.1 Å². The second-order valence-electron chi connectivity index (χ2n) is 6.72. The zero-order valence-corrected chi connectivity index (χ0v) is 17.8. The maximum atomic E-state index is 12.9. The molecule has 7 heteroatoms. The quantitative estimate of drug-likeness (QED) is 0.325. The summed E-state index contributed by atoms with van der Waals surface area (Å²) in [5.74, 6) is -0.235. The molecular formula is C22H19N3O2S2. The van der Waals surface area contributed by atoms with Gasteiger partial charge in [0.2, 0.25) is 0 Å². The van der Waals surface area contributed by atoms with Gasteiger partial charge in [-0.25, -0.2) is 9.97 Å². The average Bonchev–Trinajstić information content (AvgIpc) is 2.99. The number of aromatic nitrogens is 2. The minimum atomic E-state index is -0.282. The molecule has 1 amide bonds. The van der Waals surface area contributed by atoms with Crippen LogP contribution in [0.3, 0.4) is 0 Å². The van der Waals surface area contributed by atoms with Crippen LogP contribution in [0.1, 0.15) is 26.4 Å². The number of benzene rings is 2. The zero-order valence-electron chi connectivity index (χ0n) is 16.2. The lowest BCUT2D eigenvalue weighted by Crippen LogP contribution is -2.13. The first-order valence-corrected chi connectivity index (χ1v) is 10.7. The highest BCUT2D eigenvalue weighted by Crippen LogP contribution is 2.38. The number of hydrogen-bond donors (Lipinski definition) is 2. The Balaban J connectivity index is 1.68. The lowest BCUT2D eigenvalue weighted by molar-refractivity contribution is 0.102. The number of fused-ring (bicyclic) bond motifs is 1. The van der Waals surface area contributed by atoms with E-state index in [-0.39, 0.29) is 11.7 Å². The van der Waals surface area contributed by atoms with Crippen molar-refractivity contribution in [3.63, 3.8) is 0 Å². The summed E-state index contributed by atoms with van der Waals surface area (Å²) in [4.78, 5) is 24.7. The second-order valence-corrected chi connectivity index (χ2v) is 8.95. The van der Waals surface area contributed by atoms with Gasteiger partial charge in [0.05, 0.1) is 11.3 Å². The molecule has 0 aliphatic rings. The Morgan fingerprint density at radius 2 is 1.90 bits per heavy atom. The standard InChI is InChI=1S/C22H19N3O2S2/c1-12-8-9-16(17(26)10-12)25-20(27)15-6-4-5-7-18(15)29-22-19-13(2)14(3)28-21(19)23-11-24-22/h4-11,26H,1-3H3,(H,25,27). The van der Waals surface area contributed by atoms with Crippen LogP contribution in [0, 0.1) is 20.8 Å². The molecule has 5 nitrogen and oxygen atoms in total. The van der Waals surface area contributed by atoms with E-state index in [1.807, 2.05) is 31.2 Å². The first kappa shape index (κ1) is 19.4. The summed E-state index contributed by atoms with van der Waals surface area (Å²) in [7, 11) is 0. The van der Waals surface area contributed by atoms with Crippen molar-refractivity contribution in [2.45, 2.75) is 30.7 Å². The van der Waals surface area contributed by atoms with E-state index in [0.717, 1.165) is 25.7 Å². The molecule has 2 aromatic heterocycles. The van der Waals surface area contributed by atoms with E-state index in [9.17, 15) is 9.90 Å². The molecule has 146 valence electrons. The number of phenolic OH excluding ortho intramolecular Hbond substituents is 1. The lowest BCUT2D eigenvalue weighted by atomic mass is 10.2. The lowest BCUT2D eigenvalue weighted by Gasteiger charge is -2.11. The van der Waals surface area contributed by atoms with Gasteiger partial charge >= 0.3 is 0 Å². The van der Waals surface area contributed by atoms with Gasteiger partial charge in [0.25, 0.3) is 5.91 Å². The highest BCUT2D eigenvalue weighted by Gasteiger charge is 2.17. The number of thiophene rings is 1. The number of nitrogens with one attached hydrogen (secondary N) is 1. The largest absolute Gasteiger partial charge is 0.506 e. The van der Waals surface area contributed by atoms with Crippen molar-refractivity contribution < 1.29 is 9.90 Å². The highest BCUT2D eigenvalue weighted by atomic mass is 32.2. The Morgan fingerprint density at radius 1 is 1.10 bits per heavy atom. The van der Waals surface area contributed by atoms with Gasteiger partial charge in [-0.05, 0) is 56.2 Å². The van der Waals surface area contributed by atoms with Gasteiger partial charge in [-0.15, -0.1) is 11.3 Å². The van der Waals surface area contributed by atoms with Crippen molar-refractivity contribution in [1.29, 1.82) is 0 Å². The molecule has 0 saturated carbocycles. The number of hydrogen-bond acceptors (Lipinski definition) is 6. The number of aromatic hydroxyl groups is 1. The molecule has 0 saturated heterocycles. The number of carbonyl (C=O) groups excluding carboxylic acids is 1. The average molecular weight is 422 g/mol. The van der Waals surface area contributed by atoms with Crippen molar-refractivity contribution in [2.75, 3.05) is 5.32 Å². The van der Waals surface area contributed by atoms with E-state index >= 15 is 0 Å². The van der Waals surface area contributed by atoms with Gasteiger partial charge in [0.1, 0.15) is 21.9 Å². The summed E-state index contributed by atoms with van der Waals surface area (Å²) in [6.07, 6.45) is 1.56. The van der Waals surface area contributed by atoms with Crippen molar-refractivity contribution in [3.05, 3.63) is 70.4 Å². The molecule has 2 heterocycles. The smallest absolute Gasteiger partial charge is 0.256 e. The van der Waals surface area contributed by atoms with Crippen LogP contribution in [0.25, 0.3) is 10.2 Å². The zero-order chi connectivity index (χ0) is 20.5. The van der Waals surface area contributed by atoms with Crippen LogP contribution < -0.4 is 5.32 Å². The van der Waals surface area contributed by atoms with Crippen LogP contribution in [0.2, 0.25) is 0 Å². The van der Waals surface area contributed by atoms with Gasteiger partial charge in [-0.1, -0.05) is 30.0 Å². The fourth-order valence-corrected chi connectivity index (χ4v) is 5.15. The first-order valence-electron chi connectivity index (χ1n) is 9.02. The molecule has 0 spiro atoms. The molecule has 0 unspecified atom stereocenters. The number of anilines is 1. The van der Waals surface area contributed by atoms with E-state index in [4.69, 9.17) is 0 Å². The molecule has 0 fully saturated rings. The maximum Gasteiger partial charge on any atom is 0.256 e. The molecule has 0 bridgehead atoms. The van der Waals surface area contributed by atoms with Gasteiger partial charge in [0.15, 0.2) is 0 Å². The number of aryl methyl sites for hydroxylation is 3. The molecule has 0 radical (unpaired) electrons. The minimum Gasteiger partial charge on any atom is -0.506 e. The Hall–Kier alpha value is -2.90. The Kier molecular flexibility index (Phi) is 5.25. The van der Waals surface area contributed by atoms with E-state index in [1.54, 1.807) is 35.9 Å². The molecule has 2 aromatic carbocycles. The van der Waals surface area contributed by atoms with E-state index in [0.29, 0.717) is 11.3 Å². The molecule has 0 aliphatic carbocycles. The normalized spacial score (nSPS) is 11.0. The monoisotopic (exact) mass is 421 g/mol. The van der Waals surface area contributed by atoms with E-state index in [1.165, 1.54) is 22.2 Å². The molecular weight excluding hydrogens is 402 g/mol. The highest BCUT2D eigenvalue weighted by molar-refractivity contribution is 7.99. The summed E-state index contributed by atoms with van der Waals surface area (Å²) >= 11 is 3.10. The molecule has 0 atom stereocenters. The summed E-state index contributed by atoms with van der Waals surface area (Å²) in [6, 6.07) is 12.6. The minimum absolute atomic E-state index is 0.0466. The number of amides is 1. The van der Waals surface area contributed by atoms with Crippen LogP contribution in [0.4, 0.5) is 5.69 Å². The summed E-state index contributed by atoms with van der Waals surface area (Å²) < 4.78 is 0. The SMILES string of the molecule is Cc1ccc(NC(=O)c2ccccc2Sc2ncnc3sc(C)c(C)c23)c(O)c1. The Morgan fingerprint density at radius 3 is 2.69 bits per heavy atom. The van der Waals surface area contributed by atoms with Gasteiger partial charge in [-0.3, -0.25) is 4.79 Å². The van der Waals surface area contributed by atoms with Crippen molar-refractivity contribution in [2.24, 2.45) is 0 Å². The number of nitrogens with zero attached hydrogens (tertiary/aromatic N) is 2. The third-order valence-electron chi connectivity index (χ3n) is 4.67. The number of rotatable bonds is 4.